The molecular weight excluding hydrogens is 343 g/mol. The average Bonchev–Trinajstić information content (AvgIpc) is 3.00. The maximum Gasteiger partial charge on any atom is 0.187 e. The van der Waals surface area contributed by atoms with Crippen LogP contribution in [0.5, 0.6) is 0 Å². The zero-order valence-corrected chi connectivity index (χ0v) is 15.5. The van der Waals surface area contributed by atoms with Crippen LogP contribution in [0, 0.1) is 5.82 Å². The number of nitrogens with zero attached hydrogens (tertiary/aromatic N) is 6. The van der Waals surface area contributed by atoms with Gasteiger partial charge in [0, 0.05) is 25.9 Å². The van der Waals surface area contributed by atoms with E-state index in [1.807, 2.05) is 22.6 Å². The van der Waals surface area contributed by atoms with Crippen molar-refractivity contribution in [3.63, 3.8) is 0 Å². The lowest BCUT2D eigenvalue weighted by Gasteiger charge is -2.21. The van der Waals surface area contributed by atoms with Gasteiger partial charge in [-0.25, -0.2) is 24.0 Å². The first kappa shape index (κ1) is 17.6. The SMILES string of the molecule is CCc1ncnc(N2CCc3nc(CCc4ccccc4)nn3CC2)c1F. The summed E-state index contributed by atoms with van der Waals surface area (Å²) in [4.78, 5) is 14.9. The van der Waals surface area contributed by atoms with Crippen molar-refractivity contribution in [2.75, 3.05) is 18.0 Å². The Hall–Kier alpha value is -2.83. The highest BCUT2D eigenvalue weighted by molar-refractivity contribution is 5.41. The minimum Gasteiger partial charge on any atom is -0.352 e. The van der Waals surface area contributed by atoms with E-state index in [0.29, 0.717) is 37.6 Å². The Balaban J connectivity index is 1.43. The number of halogens is 1. The Morgan fingerprint density at radius 1 is 1.04 bits per heavy atom. The summed E-state index contributed by atoms with van der Waals surface area (Å²) < 4.78 is 16.5. The van der Waals surface area contributed by atoms with Crippen LogP contribution in [0.2, 0.25) is 0 Å². The van der Waals surface area contributed by atoms with Gasteiger partial charge in [-0.05, 0) is 18.4 Å². The van der Waals surface area contributed by atoms with Gasteiger partial charge in [-0.2, -0.15) is 5.10 Å². The third-order valence-corrected chi connectivity index (χ3v) is 4.94. The van der Waals surface area contributed by atoms with E-state index < -0.39 is 0 Å². The van der Waals surface area contributed by atoms with Crippen molar-refractivity contribution in [2.45, 2.75) is 39.2 Å². The zero-order valence-electron chi connectivity index (χ0n) is 15.5. The fraction of sp³-hybridized carbons (Fsp3) is 0.400. The van der Waals surface area contributed by atoms with E-state index in [0.717, 1.165) is 30.9 Å². The normalized spacial score (nSPS) is 14.1. The topological polar surface area (TPSA) is 59.7 Å². The van der Waals surface area contributed by atoms with Gasteiger partial charge in [-0.3, -0.25) is 0 Å². The Kier molecular flexibility index (Phi) is 5.09. The molecule has 1 aliphatic rings. The molecule has 1 aliphatic heterocycles. The van der Waals surface area contributed by atoms with E-state index in [9.17, 15) is 4.39 Å². The highest BCUT2D eigenvalue weighted by Crippen LogP contribution is 2.20. The van der Waals surface area contributed by atoms with Crippen molar-refractivity contribution in [2.24, 2.45) is 0 Å². The molecule has 4 rings (SSSR count). The van der Waals surface area contributed by atoms with Crippen LogP contribution in [0.4, 0.5) is 10.2 Å². The Morgan fingerprint density at radius 3 is 2.70 bits per heavy atom. The molecule has 140 valence electrons. The van der Waals surface area contributed by atoms with Crippen LogP contribution in [0.1, 0.15) is 29.8 Å². The number of rotatable bonds is 5. The molecule has 0 amide bonds. The molecule has 2 aromatic heterocycles. The van der Waals surface area contributed by atoms with Crippen LogP contribution in [-0.2, 0) is 32.2 Å². The third-order valence-electron chi connectivity index (χ3n) is 4.94. The Labute approximate surface area is 158 Å². The van der Waals surface area contributed by atoms with Crippen molar-refractivity contribution in [3.05, 3.63) is 65.4 Å². The van der Waals surface area contributed by atoms with Gasteiger partial charge in [0.25, 0.3) is 0 Å². The van der Waals surface area contributed by atoms with Crippen LogP contribution < -0.4 is 4.90 Å². The standard InChI is InChI=1S/C20H23FN6/c1-2-16-19(21)20(23-14-22-16)26-11-10-18-24-17(25-27(18)13-12-26)9-8-15-6-4-3-5-7-15/h3-7,14H,2,8-13H2,1H3. The molecule has 0 N–H and O–H groups in total. The Bertz CT molecular complexity index is 883. The Morgan fingerprint density at radius 2 is 1.89 bits per heavy atom. The quantitative estimate of drug-likeness (QED) is 0.695. The summed E-state index contributed by atoms with van der Waals surface area (Å²) >= 11 is 0. The van der Waals surface area contributed by atoms with Gasteiger partial charge >= 0.3 is 0 Å². The van der Waals surface area contributed by atoms with Crippen molar-refractivity contribution >= 4 is 5.82 Å². The van der Waals surface area contributed by atoms with E-state index in [1.54, 1.807) is 0 Å². The minimum atomic E-state index is -0.309. The van der Waals surface area contributed by atoms with Gasteiger partial charge in [0.15, 0.2) is 17.5 Å². The minimum absolute atomic E-state index is 0.309. The smallest absolute Gasteiger partial charge is 0.187 e. The molecule has 0 saturated carbocycles. The fourth-order valence-electron chi connectivity index (χ4n) is 3.43. The lowest BCUT2D eigenvalue weighted by Crippen LogP contribution is -2.29. The molecule has 1 aromatic carbocycles. The number of fused-ring (bicyclic) bond motifs is 1. The summed E-state index contributed by atoms with van der Waals surface area (Å²) in [5.74, 6) is 1.92. The molecule has 0 fully saturated rings. The van der Waals surface area contributed by atoms with Crippen molar-refractivity contribution in [3.8, 4) is 0 Å². The molecule has 0 atom stereocenters. The molecule has 6 nitrogen and oxygen atoms in total. The van der Waals surface area contributed by atoms with Crippen LogP contribution >= 0.6 is 0 Å². The van der Waals surface area contributed by atoms with E-state index in [2.05, 4.69) is 39.3 Å². The van der Waals surface area contributed by atoms with Gasteiger partial charge < -0.3 is 4.90 Å². The van der Waals surface area contributed by atoms with Crippen molar-refractivity contribution < 1.29 is 4.39 Å². The molecule has 3 heterocycles. The molecule has 0 bridgehead atoms. The first-order valence-corrected chi connectivity index (χ1v) is 9.45. The summed E-state index contributed by atoms with van der Waals surface area (Å²) in [5, 5.41) is 4.66. The predicted octanol–water partition coefficient (Wildman–Crippen LogP) is 2.62. The first-order chi connectivity index (χ1) is 13.2. The summed E-state index contributed by atoms with van der Waals surface area (Å²) in [6.45, 7) is 3.91. The van der Waals surface area contributed by atoms with Gasteiger partial charge in [0.2, 0.25) is 0 Å². The number of aromatic nitrogens is 5. The van der Waals surface area contributed by atoms with Crippen molar-refractivity contribution in [1.29, 1.82) is 0 Å². The largest absolute Gasteiger partial charge is 0.352 e. The molecule has 0 spiro atoms. The fourth-order valence-corrected chi connectivity index (χ4v) is 3.43. The van der Waals surface area contributed by atoms with E-state index in [1.165, 1.54) is 11.9 Å². The van der Waals surface area contributed by atoms with E-state index in [4.69, 9.17) is 4.98 Å². The van der Waals surface area contributed by atoms with E-state index >= 15 is 0 Å². The molecule has 0 radical (unpaired) electrons. The first-order valence-electron chi connectivity index (χ1n) is 9.45. The second kappa shape index (κ2) is 7.82. The summed E-state index contributed by atoms with van der Waals surface area (Å²) in [6, 6.07) is 10.4. The number of aryl methyl sites for hydroxylation is 3. The monoisotopic (exact) mass is 366 g/mol. The van der Waals surface area contributed by atoms with Crippen LogP contribution in [-0.4, -0.2) is 37.8 Å². The second-order valence-electron chi connectivity index (χ2n) is 6.70. The third kappa shape index (κ3) is 3.82. The highest BCUT2D eigenvalue weighted by Gasteiger charge is 2.21. The molecule has 0 unspecified atom stereocenters. The van der Waals surface area contributed by atoms with Crippen LogP contribution in [0.15, 0.2) is 36.7 Å². The summed E-state index contributed by atoms with van der Waals surface area (Å²) in [7, 11) is 0. The summed E-state index contributed by atoms with van der Waals surface area (Å²) in [6.07, 6.45) is 4.49. The zero-order chi connectivity index (χ0) is 18.6. The van der Waals surface area contributed by atoms with Gasteiger partial charge in [0.05, 0.1) is 12.2 Å². The van der Waals surface area contributed by atoms with Crippen LogP contribution in [0.3, 0.4) is 0 Å². The second-order valence-corrected chi connectivity index (χ2v) is 6.70. The van der Waals surface area contributed by atoms with Crippen molar-refractivity contribution in [1.82, 2.24) is 24.7 Å². The predicted molar refractivity (Wildman–Crippen MR) is 101 cm³/mol. The average molecular weight is 366 g/mol. The summed E-state index contributed by atoms with van der Waals surface area (Å²) in [5.41, 5.74) is 1.75. The number of hydrogen-bond donors (Lipinski definition) is 0. The van der Waals surface area contributed by atoms with Gasteiger partial charge in [-0.15, -0.1) is 0 Å². The molecule has 0 aliphatic carbocycles. The number of benzene rings is 1. The lowest BCUT2D eigenvalue weighted by atomic mass is 10.1. The molecule has 3 aromatic rings. The maximum absolute atomic E-state index is 14.6. The van der Waals surface area contributed by atoms with Crippen LogP contribution in [0.25, 0.3) is 0 Å². The lowest BCUT2D eigenvalue weighted by molar-refractivity contribution is 0.570. The highest BCUT2D eigenvalue weighted by atomic mass is 19.1. The number of anilines is 1. The van der Waals surface area contributed by atoms with Gasteiger partial charge in [0.1, 0.15) is 12.2 Å². The molecule has 27 heavy (non-hydrogen) atoms. The molecule has 0 saturated heterocycles. The maximum atomic E-state index is 14.6. The molecular formula is C20H23FN6. The van der Waals surface area contributed by atoms with E-state index in [-0.39, 0.29) is 5.82 Å². The number of hydrogen-bond acceptors (Lipinski definition) is 5. The molecule has 7 heteroatoms. The van der Waals surface area contributed by atoms with Gasteiger partial charge in [-0.1, -0.05) is 37.3 Å².